The van der Waals surface area contributed by atoms with E-state index in [2.05, 4.69) is 17.2 Å². The fraction of sp³-hybridized carbons (Fsp3) is 0.267. The van der Waals surface area contributed by atoms with Crippen molar-refractivity contribution in [3.8, 4) is 0 Å². The summed E-state index contributed by atoms with van der Waals surface area (Å²) in [7, 11) is 0. The number of thioether (sulfide) groups is 1. The first kappa shape index (κ1) is 14.8. The van der Waals surface area contributed by atoms with Crippen LogP contribution in [0.5, 0.6) is 0 Å². The molecule has 0 bridgehead atoms. The SMILES string of the molecule is CCCNc1ccnc(CSc2ccc(F)cc2F)c1. The molecule has 0 saturated carbocycles. The smallest absolute Gasteiger partial charge is 0.139 e. The summed E-state index contributed by atoms with van der Waals surface area (Å²) in [5.74, 6) is -0.546. The second kappa shape index (κ2) is 7.24. The van der Waals surface area contributed by atoms with Gasteiger partial charge in [-0.3, -0.25) is 4.98 Å². The molecule has 106 valence electrons. The molecule has 0 aliphatic rings. The topological polar surface area (TPSA) is 24.9 Å². The zero-order chi connectivity index (χ0) is 14.4. The molecule has 2 aromatic rings. The maximum absolute atomic E-state index is 13.5. The van der Waals surface area contributed by atoms with Crippen LogP contribution >= 0.6 is 11.8 Å². The number of aromatic nitrogens is 1. The van der Waals surface area contributed by atoms with Crippen molar-refractivity contribution in [3.05, 3.63) is 53.9 Å². The first-order valence-corrected chi connectivity index (χ1v) is 7.44. The van der Waals surface area contributed by atoms with Crippen LogP contribution in [0.1, 0.15) is 19.0 Å². The molecule has 1 heterocycles. The summed E-state index contributed by atoms with van der Waals surface area (Å²) in [6.45, 7) is 3.01. The van der Waals surface area contributed by atoms with Gasteiger partial charge in [-0.2, -0.15) is 0 Å². The van der Waals surface area contributed by atoms with Crippen LogP contribution in [-0.4, -0.2) is 11.5 Å². The predicted molar refractivity (Wildman–Crippen MR) is 78.9 cm³/mol. The summed E-state index contributed by atoms with van der Waals surface area (Å²) in [6.07, 6.45) is 2.78. The molecule has 0 atom stereocenters. The van der Waals surface area contributed by atoms with Crippen LogP contribution in [0.2, 0.25) is 0 Å². The third-order valence-corrected chi connectivity index (χ3v) is 3.75. The van der Waals surface area contributed by atoms with Gasteiger partial charge in [-0.1, -0.05) is 6.92 Å². The van der Waals surface area contributed by atoms with Gasteiger partial charge in [0, 0.05) is 35.1 Å². The molecule has 1 aromatic heterocycles. The lowest BCUT2D eigenvalue weighted by molar-refractivity contribution is 0.565. The quantitative estimate of drug-likeness (QED) is 0.795. The number of pyridine rings is 1. The van der Waals surface area contributed by atoms with Gasteiger partial charge in [-0.05, 0) is 30.7 Å². The van der Waals surface area contributed by atoms with Crippen LogP contribution < -0.4 is 5.32 Å². The molecule has 2 rings (SSSR count). The molecular weight excluding hydrogens is 278 g/mol. The van der Waals surface area contributed by atoms with Crippen LogP contribution in [0.3, 0.4) is 0 Å². The number of nitrogens with one attached hydrogen (secondary N) is 1. The largest absolute Gasteiger partial charge is 0.385 e. The maximum atomic E-state index is 13.5. The third-order valence-electron chi connectivity index (χ3n) is 2.67. The lowest BCUT2D eigenvalue weighted by Crippen LogP contribution is -2.00. The van der Waals surface area contributed by atoms with E-state index in [1.807, 2.05) is 12.1 Å². The zero-order valence-corrected chi connectivity index (χ0v) is 12.0. The molecule has 0 radical (unpaired) electrons. The summed E-state index contributed by atoms with van der Waals surface area (Å²) in [5.41, 5.74) is 1.87. The van der Waals surface area contributed by atoms with Crippen molar-refractivity contribution in [2.75, 3.05) is 11.9 Å². The Bertz CT molecular complexity index is 576. The van der Waals surface area contributed by atoms with E-state index in [0.717, 1.165) is 30.4 Å². The van der Waals surface area contributed by atoms with Crippen molar-refractivity contribution in [1.82, 2.24) is 4.98 Å². The van der Waals surface area contributed by atoms with Crippen LogP contribution in [0.15, 0.2) is 41.4 Å². The van der Waals surface area contributed by atoms with Crippen molar-refractivity contribution in [2.45, 2.75) is 24.0 Å². The molecule has 0 aliphatic carbocycles. The minimum Gasteiger partial charge on any atom is -0.385 e. The van der Waals surface area contributed by atoms with Gasteiger partial charge in [0.25, 0.3) is 0 Å². The molecule has 1 N–H and O–H groups in total. The summed E-state index contributed by atoms with van der Waals surface area (Å²) in [4.78, 5) is 4.68. The first-order chi connectivity index (χ1) is 9.69. The van der Waals surface area contributed by atoms with Gasteiger partial charge in [0.05, 0.1) is 5.69 Å². The lowest BCUT2D eigenvalue weighted by atomic mass is 10.3. The van der Waals surface area contributed by atoms with Crippen molar-refractivity contribution in [3.63, 3.8) is 0 Å². The average molecular weight is 294 g/mol. The van der Waals surface area contributed by atoms with E-state index >= 15 is 0 Å². The summed E-state index contributed by atoms with van der Waals surface area (Å²) >= 11 is 1.31. The van der Waals surface area contributed by atoms with Crippen LogP contribution in [0.25, 0.3) is 0 Å². The van der Waals surface area contributed by atoms with Gasteiger partial charge in [-0.25, -0.2) is 8.78 Å². The fourth-order valence-corrected chi connectivity index (χ4v) is 2.50. The number of benzene rings is 1. The minimum absolute atomic E-state index is 0.431. The van der Waals surface area contributed by atoms with Gasteiger partial charge in [0.2, 0.25) is 0 Å². The molecule has 0 fully saturated rings. The number of halogens is 2. The Morgan fingerprint density at radius 1 is 1.20 bits per heavy atom. The lowest BCUT2D eigenvalue weighted by Gasteiger charge is -2.07. The number of nitrogens with zero attached hydrogens (tertiary/aromatic N) is 1. The second-order valence-electron chi connectivity index (χ2n) is 4.33. The minimum atomic E-state index is -0.560. The monoisotopic (exact) mass is 294 g/mol. The highest BCUT2D eigenvalue weighted by Crippen LogP contribution is 2.26. The van der Waals surface area contributed by atoms with E-state index in [1.165, 1.54) is 23.9 Å². The van der Waals surface area contributed by atoms with Gasteiger partial charge < -0.3 is 5.32 Å². The number of hydrogen-bond acceptors (Lipinski definition) is 3. The van der Waals surface area contributed by atoms with Gasteiger partial charge in [-0.15, -0.1) is 11.8 Å². The maximum Gasteiger partial charge on any atom is 0.139 e. The van der Waals surface area contributed by atoms with Gasteiger partial charge >= 0.3 is 0 Å². The Morgan fingerprint density at radius 2 is 2.05 bits per heavy atom. The number of anilines is 1. The zero-order valence-electron chi connectivity index (χ0n) is 11.2. The van der Waals surface area contributed by atoms with Crippen molar-refractivity contribution < 1.29 is 8.78 Å². The molecule has 5 heteroatoms. The van der Waals surface area contributed by atoms with E-state index in [4.69, 9.17) is 0 Å². The summed E-state index contributed by atoms with van der Waals surface area (Å²) in [6, 6.07) is 7.47. The molecule has 0 aliphatic heterocycles. The van der Waals surface area contributed by atoms with E-state index in [-0.39, 0.29) is 0 Å². The average Bonchev–Trinajstić information content (AvgIpc) is 2.45. The molecular formula is C15H16F2N2S. The van der Waals surface area contributed by atoms with E-state index < -0.39 is 11.6 Å². The number of hydrogen-bond donors (Lipinski definition) is 1. The van der Waals surface area contributed by atoms with Gasteiger partial charge in [0.1, 0.15) is 11.6 Å². The highest BCUT2D eigenvalue weighted by atomic mass is 32.2. The standard InChI is InChI=1S/C15H16F2N2S/c1-2-6-18-12-5-7-19-13(9-12)10-20-15-4-3-11(16)8-14(15)17/h3-5,7-9H,2,6,10H2,1H3,(H,18,19). The summed E-state index contributed by atoms with van der Waals surface area (Å²) in [5, 5.41) is 3.28. The van der Waals surface area contributed by atoms with Gasteiger partial charge in [0.15, 0.2) is 0 Å². The molecule has 0 amide bonds. The van der Waals surface area contributed by atoms with E-state index in [1.54, 1.807) is 6.20 Å². The van der Waals surface area contributed by atoms with Crippen LogP contribution in [-0.2, 0) is 5.75 Å². The van der Waals surface area contributed by atoms with E-state index in [0.29, 0.717) is 10.6 Å². The van der Waals surface area contributed by atoms with Crippen LogP contribution in [0.4, 0.5) is 14.5 Å². The number of rotatable bonds is 6. The van der Waals surface area contributed by atoms with Crippen molar-refractivity contribution >= 4 is 17.4 Å². The Kier molecular flexibility index (Phi) is 5.35. The highest BCUT2D eigenvalue weighted by Gasteiger charge is 2.05. The normalized spacial score (nSPS) is 10.6. The molecule has 20 heavy (non-hydrogen) atoms. The molecule has 0 unspecified atom stereocenters. The predicted octanol–water partition coefficient (Wildman–Crippen LogP) is 4.47. The van der Waals surface area contributed by atoms with E-state index in [9.17, 15) is 8.78 Å². The van der Waals surface area contributed by atoms with Crippen molar-refractivity contribution in [2.24, 2.45) is 0 Å². The Labute approximate surface area is 121 Å². The van der Waals surface area contributed by atoms with Crippen LogP contribution in [0, 0.1) is 11.6 Å². The second-order valence-corrected chi connectivity index (χ2v) is 5.34. The molecule has 2 nitrogen and oxygen atoms in total. The Hall–Kier alpha value is -1.62. The highest BCUT2D eigenvalue weighted by molar-refractivity contribution is 7.98. The molecule has 0 spiro atoms. The summed E-state index contributed by atoms with van der Waals surface area (Å²) < 4.78 is 26.3. The third kappa shape index (κ3) is 4.20. The molecule has 1 aromatic carbocycles. The first-order valence-electron chi connectivity index (χ1n) is 6.45. The Balaban J connectivity index is 1.99. The molecule has 0 saturated heterocycles. The van der Waals surface area contributed by atoms with Crippen molar-refractivity contribution in [1.29, 1.82) is 0 Å². The Morgan fingerprint density at radius 3 is 2.80 bits per heavy atom. The fourth-order valence-electron chi connectivity index (χ4n) is 1.68.